The first-order valence-electron chi connectivity index (χ1n) is 5.18. The molecule has 1 saturated carbocycles. The van der Waals surface area contributed by atoms with Crippen LogP contribution in [0.25, 0.3) is 6.20 Å². The summed E-state index contributed by atoms with van der Waals surface area (Å²) in [5.74, 6) is 0. The largest absolute Gasteiger partial charge is 0.330 e. The first kappa shape index (κ1) is 9.46. The molecule has 0 bridgehead atoms. The van der Waals surface area contributed by atoms with E-state index in [0.29, 0.717) is 0 Å². The molecule has 0 atom stereocenters. The summed E-state index contributed by atoms with van der Waals surface area (Å²) in [6.45, 7) is 4.42. The molecule has 0 spiro atoms. The number of nitrogens with two attached hydrogens (primary N) is 1. The number of nitrogens with zero attached hydrogens (tertiary/aromatic N) is 2. The van der Waals surface area contributed by atoms with Gasteiger partial charge in [-0.1, -0.05) is 19.4 Å². The lowest BCUT2D eigenvalue weighted by Crippen LogP contribution is -2.31. The SMILES string of the molecule is C=Cn1cc(C2(CN)CCCC2)cn1. The molecule has 14 heavy (non-hydrogen) atoms. The topological polar surface area (TPSA) is 43.8 Å². The van der Waals surface area contributed by atoms with Gasteiger partial charge in [-0.25, -0.2) is 4.68 Å². The van der Waals surface area contributed by atoms with Crippen LogP contribution in [0.4, 0.5) is 0 Å². The lowest BCUT2D eigenvalue weighted by Gasteiger charge is -2.25. The molecule has 2 rings (SSSR count). The number of rotatable bonds is 3. The number of hydrogen-bond acceptors (Lipinski definition) is 2. The van der Waals surface area contributed by atoms with E-state index in [1.807, 2.05) is 12.4 Å². The Morgan fingerprint density at radius 3 is 2.79 bits per heavy atom. The van der Waals surface area contributed by atoms with Gasteiger partial charge in [0.15, 0.2) is 0 Å². The average Bonchev–Trinajstić information content (AvgIpc) is 2.87. The van der Waals surface area contributed by atoms with E-state index >= 15 is 0 Å². The molecule has 0 aromatic carbocycles. The summed E-state index contributed by atoms with van der Waals surface area (Å²) in [5, 5.41) is 4.22. The van der Waals surface area contributed by atoms with Crippen LogP contribution in [0.5, 0.6) is 0 Å². The third-order valence-electron chi connectivity index (χ3n) is 3.35. The van der Waals surface area contributed by atoms with Crippen LogP contribution in [-0.2, 0) is 5.41 Å². The van der Waals surface area contributed by atoms with Crippen molar-refractivity contribution in [3.8, 4) is 0 Å². The summed E-state index contributed by atoms with van der Waals surface area (Å²) in [6, 6.07) is 0. The second kappa shape index (κ2) is 3.58. The molecule has 0 aliphatic heterocycles. The Balaban J connectivity index is 2.30. The summed E-state index contributed by atoms with van der Waals surface area (Å²) in [5.41, 5.74) is 7.36. The highest BCUT2D eigenvalue weighted by Crippen LogP contribution is 2.39. The molecule has 1 aromatic rings. The van der Waals surface area contributed by atoms with E-state index in [9.17, 15) is 0 Å². The second-order valence-corrected chi connectivity index (χ2v) is 4.08. The van der Waals surface area contributed by atoms with Gasteiger partial charge in [0, 0.05) is 24.4 Å². The fraction of sp³-hybridized carbons (Fsp3) is 0.545. The van der Waals surface area contributed by atoms with E-state index in [4.69, 9.17) is 5.73 Å². The van der Waals surface area contributed by atoms with Crippen molar-refractivity contribution in [1.82, 2.24) is 9.78 Å². The van der Waals surface area contributed by atoms with E-state index in [1.165, 1.54) is 31.2 Å². The standard InChI is InChI=1S/C11H17N3/c1-2-14-8-10(7-13-14)11(9-12)5-3-4-6-11/h2,7-8H,1,3-6,9,12H2. The molecule has 1 aliphatic carbocycles. The lowest BCUT2D eigenvalue weighted by molar-refractivity contribution is 0.453. The van der Waals surface area contributed by atoms with Gasteiger partial charge in [0.05, 0.1) is 6.20 Å². The van der Waals surface area contributed by atoms with Crippen LogP contribution in [0.1, 0.15) is 31.2 Å². The smallest absolute Gasteiger partial charge is 0.0532 e. The monoisotopic (exact) mass is 191 g/mol. The normalized spacial score (nSPS) is 19.8. The summed E-state index contributed by atoms with van der Waals surface area (Å²) < 4.78 is 1.76. The molecule has 3 nitrogen and oxygen atoms in total. The van der Waals surface area contributed by atoms with E-state index in [0.717, 1.165) is 6.54 Å². The van der Waals surface area contributed by atoms with Crippen LogP contribution in [0.3, 0.4) is 0 Å². The molecule has 1 aliphatic rings. The summed E-state index contributed by atoms with van der Waals surface area (Å²) in [4.78, 5) is 0. The summed E-state index contributed by atoms with van der Waals surface area (Å²) >= 11 is 0. The van der Waals surface area contributed by atoms with Crippen molar-refractivity contribution in [2.45, 2.75) is 31.1 Å². The Bertz CT molecular complexity index is 321. The Morgan fingerprint density at radius 2 is 2.29 bits per heavy atom. The van der Waals surface area contributed by atoms with Gasteiger partial charge in [0.1, 0.15) is 0 Å². The van der Waals surface area contributed by atoms with Crippen LogP contribution in [0.2, 0.25) is 0 Å². The first-order valence-corrected chi connectivity index (χ1v) is 5.18. The Hall–Kier alpha value is -1.09. The first-order chi connectivity index (χ1) is 6.80. The lowest BCUT2D eigenvalue weighted by atomic mass is 9.81. The maximum absolute atomic E-state index is 5.89. The van der Waals surface area contributed by atoms with E-state index in [-0.39, 0.29) is 5.41 Å². The van der Waals surface area contributed by atoms with Gasteiger partial charge < -0.3 is 5.73 Å². The minimum absolute atomic E-state index is 0.196. The van der Waals surface area contributed by atoms with Gasteiger partial charge in [0.2, 0.25) is 0 Å². The second-order valence-electron chi connectivity index (χ2n) is 4.08. The van der Waals surface area contributed by atoms with E-state index < -0.39 is 0 Å². The summed E-state index contributed by atoms with van der Waals surface area (Å²) in [7, 11) is 0. The molecule has 1 aromatic heterocycles. The summed E-state index contributed by atoms with van der Waals surface area (Å²) in [6.07, 6.45) is 10.7. The van der Waals surface area contributed by atoms with Crippen molar-refractivity contribution in [2.75, 3.05) is 6.54 Å². The van der Waals surface area contributed by atoms with Crippen LogP contribution < -0.4 is 5.73 Å². The molecular formula is C11H17N3. The number of hydrogen-bond donors (Lipinski definition) is 1. The van der Waals surface area contributed by atoms with Crippen molar-refractivity contribution < 1.29 is 0 Å². The quantitative estimate of drug-likeness (QED) is 0.791. The number of aromatic nitrogens is 2. The molecule has 3 heteroatoms. The van der Waals surface area contributed by atoms with Crippen molar-refractivity contribution in [1.29, 1.82) is 0 Å². The van der Waals surface area contributed by atoms with E-state index in [2.05, 4.69) is 11.7 Å². The van der Waals surface area contributed by atoms with Gasteiger partial charge in [-0.15, -0.1) is 0 Å². The molecule has 2 N–H and O–H groups in total. The highest BCUT2D eigenvalue weighted by Gasteiger charge is 2.35. The predicted octanol–water partition coefficient (Wildman–Crippen LogP) is 1.75. The van der Waals surface area contributed by atoms with Gasteiger partial charge in [0.25, 0.3) is 0 Å². The molecule has 0 saturated heterocycles. The minimum Gasteiger partial charge on any atom is -0.330 e. The molecule has 0 unspecified atom stereocenters. The fourth-order valence-electron chi connectivity index (χ4n) is 2.37. The maximum atomic E-state index is 5.89. The van der Waals surface area contributed by atoms with Crippen molar-refractivity contribution in [3.05, 3.63) is 24.5 Å². The Labute approximate surface area is 84.6 Å². The molecule has 76 valence electrons. The maximum Gasteiger partial charge on any atom is 0.0532 e. The highest BCUT2D eigenvalue weighted by molar-refractivity contribution is 5.26. The minimum atomic E-state index is 0.196. The van der Waals surface area contributed by atoms with Gasteiger partial charge in [-0.2, -0.15) is 5.10 Å². The predicted molar refractivity (Wildman–Crippen MR) is 57.8 cm³/mol. The van der Waals surface area contributed by atoms with Crippen molar-refractivity contribution in [3.63, 3.8) is 0 Å². The van der Waals surface area contributed by atoms with Crippen molar-refractivity contribution in [2.24, 2.45) is 5.73 Å². The average molecular weight is 191 g/mol. The van der Waals surface area contributed by atoms with Crippen LogP contribution in [-0.4, -0.2) is 16.3 Å². The zero-order valence-corrected chi connectivity index (χ0v) is 8.45. The van der Waals surface area contributed by atoms with Gasteiger partial charge >= 0.3 is 0 Å². The van der Waals surface area contributed by atoms with Gasteiger partial charge in [-0.05, 0) is 18.4 Å². The molecular weight excluding hydrogens is 174 g/mol. The molecule has 1 heterocycles. The fourth-order valence-corrected chi connectivity index (χ4v) is 2.37. The highest BCUT2D eigenvalue weighted by atomic mass is 15.2. The van der Waals surface area contributed by atoms with Crippen LogP contribution >= 0.6 is 0 Å². The Morgan fingerprint density at radius 1 is 1.57 bits per heavy atom. The Kier molecular flexibility index (Phi) is 2.42. The molecule has 1 fully saturated rings. The van der Waals surface area contributed by atoms with Gasteiger partial charge in [-0.3, -0.25) is 0 Å². The van der Waals surface area contributed by atoms with Crippen LogP contribution in [0, 0.1) is 0 Å². The third-order valence-corrected chi connectivity index (χ3v) is 3.35. The molecule has 0 radical (unpaired) electrons. The van der Waals surface area contributed by atoms with Crippen LogP contribution in [0.15, 0.2) is 19.0 Å². The van der Waals surface area contributed by atoms with Crippen molar-refractivity contribution >= 4 is 6.20 Å². The zero-order valence-electron chi connectivity index (χ0n) is 8.45. The zero-order chi connectivity index (χ0) is 10.0. The third kappa shape index (κ3) is 1.38. The molecule has 0 amide bonds. The van der Waals surface area contributed by atoms with E-state index in [1.54, 1.807) is 10.9 Å².